The fraction of sp³-hybridized carbons (Fsp3) is 0.577. The first-order chi connectivity index (χ1) is 16.2. The highest BCUT2D eigenvalue weighted by Crippen LogP contribution is 2.32. The maximum atomic E-state index is 12.5. The predicted molar refractivity (Wildman–Crippen MR) is 138 cm³/mol. The summed E-state index contributed by atoms with van der Waals surface area (Å²) < 4.78 is 5.48. The monoisotopic (exact) mass is 488 g/mol. The predicted octanol–water partition coefficient (Wildman–Crippen LogP) is 5.15. The van der Waals surface area contributed by atoms with Gasteiger partial charge < -0.3 is 15.0 Å². The second-order valence-electron chi connectivity index (χ2n) is 9.83. The van der Waals surface area contributed by atoms with Gasteiger partial charge in [0.2, 0.25) is 0 Å². The van der Waals surface area contributed by atoms with E-state index >= 15 is 0 Å². The molecule has 1 fully saturated rings. The molecule has 8 heteroatoms. The van der Waals surface area contributed by atoms with Gasteiger partial charge in [-0.3, -0.25) is 9.69 Å². The first-order valence-electron chi connectivity index (χ1n) is 12.2. The molecule has 0 bridgehead atoms. The standard InChI is InChI=1S/C26H37ClN4O3/c1-5-6-9-19(32)18-21-23(20-10-7-8-11-22(20)29-24(21)27)28-12-13-30-14-16-31(17-15-30)25(33)34-26(2,3)4/h7-8,10-11H,5-6,9,12-18H2,1-4H3,(H,28,29). The van der Waals surface area contributed by atoms with E-state index in [4.69, 9.17) is 16.3 Å². The minimum absolute atomic E-state index is 0.183. The molecule has 2 heterocycles. The number of carbonyl (C=O) groups excluding carboxylic acids is 2. The molecule has 1 aromatic carbocycles. The number of para-hydroxylation sites is 1. The van der Waals surface area contributed by atoms with Crippen molar-refractivity contribution in [2.75, 3.05) is 44.6 Å². The summed E-state index contributed by atoms with van der Waals surface area (Å²) in [6.45, 7) is 12.1. The van der Waals surface area contributed by atoms with Crippen molar-refractivity contribution in [3.8, 4) is 0 Å². The van der Waals surface area contributed by atoms with Crippen molar-refractivity contribution in [3.63, 3.8) is 0 Å². The molecule has 2 aromatic rings. The number of piperazine rings is 1. The van der Waals surface area contributed by atoms with Gasteiger partial charge in [0, 0.05) is 63.1 Å². The molecule has 1 aliphatic rings. The fourth-order valence-corrected chi connectivity index (χ4v) is 4.32. The zero-order chi connectivity index (χ0) is 24.7. The van der Waals surface area contributed by atoms with E-state index in [1.807, 2.05) is 45.0 Å². The van der Waals surface area contributed by atoms with Crippen LogP contribution in [-0.4, -0.2) is 71.5 Å². The lowest BCUT2D eigenvalue weighted by Gasteiger charge is -2.35. The van der Waals surface area contributed by atoms with Crippen molar-refractivity contribution in [2.45, 2.75) is 59.0 Å². The van der Waals surface area contributed by atoms with E-state index in [9.17, 15) is 9.59 Å². The molecule has 3 rings (SSSR count). The number of benzene rings is 1. The highest BCUT2D eigenvalue weighted by atomic mass is 35.5. The smallest absolute Gasteiger partial charge is 0.410 e. The van der Waals surface area contributed by atoms with Gasteiger partial charge in [-0.1, -0.05) is 43.1 Å². The number of pyridine rings is 1. The number of hydrogen-bond donors (Lipinski definition) is 1. The molecule has 1 N–H and O–H groups in total. The van der Waals surface area contributed by atoms with Crippen LogP contribution in [0.4, 0.5) is 10.5 Å². The number of ketones is 1. The lowest BCUT2D eigenvalue weighted by atomic mass is 10.0. The SMILES string of the molecule is CCCCC(=O)Cc1c(Cl)nc2ccccc2c1NCCN1CCN(C(=O)OC(C)(C)C)CC1. The number of nitrogens with one attached hydrogen (secondary N) is 1. The zero-order valence-electron chi connectivity index (χ0n) is 20.8. The van der Waals surface area contributed by atoms with Crippen molar-refractivity contribution in [2.24, 2.45) is 0 Å². The van der Waals surface area contributed by atoms with Crippen LogP contribution in [0.15, 0.2) is 24.3 Å². The average molecular weight is 489 g/mol. The lowest BCUT2D eigenvalue weighted by Crippen LogP contribution is -2.50. The van der Waals surface area contributed by atoms with Gasteiger partial charge in [-0.05, 0) is 33.3 Å². The van der Waals surface area contributed by atoms with Crippen molar-refractivity contribution in [1.29, 1.82) is 0 Å². The van der Waals surface area contributed by atoms with Gasteiger partial charge >= 0.3 is 6.09 Å². The molecule has 0 unspecified atom stereocenters. The van der Waals surface area contributed by atoms with Gasteiger partial charge in [0.1, 0.15) is 16.5 Å². The van der Waals surface area contributed by atoms with E-state index in [-0.39, 0.29) is 18.3 Å². The Hall–Kier alpha value is -2.38. The number of amides is 1. The Labute approximate surface area is 207 Å². The lowest BCUT2D eigenvalue weighted by molar-refractivity contribution is -0.118. The molecule has 34 heavy (non-hydrogen) atoms. The van der Waals surface area contributed by atoms with Crippen LogP contribution in [0.5, 0.6) is 0 Å². The van der Waals surface area contributed by atoms with Crippen LogP contribution >= 0.6 is 11.6 Å². The molecule has 0 aliphatic carbocycles. The second kappa shape index (κ2) is 11.8. The number of halogens is 1. The zero-order valence-corrected chi connectivity index (χ0v) is 21.6. The highest BCUT2D eigenvalue weighted by molar-refractivity contribution is 6.31. The van der Waals surface area contributed by atoms with E-state index in [0.29, 0.717) is 31.2 Å². The number of carbonyl (C=O) groups is 2. The van der Waals surface area contributed by atoms with Crippen LogP contribution in [0.25, 0.3) is 10.9 Å². The number of hydrogen-bond acceptors (Lipinski definition) is 6. The normalized spacial score (nSPS) is 14.9. The topological polar surface area (TPSA) is 74.8 Å². The second-order valence-corrected chi connectivity index (χ2v) is 10.2. The minimum Gasteiger partial charge on any atom is -0.444 e. The first-order valence-corrected chi connectivity index (χ1v) is 12.6. The molecule has 0 radical (unpaired) electrons. The number of Topliss-reactive ketones (excluding diaryl/α,β-unsaturated/α-hetero) is 1. The van der Waals surface area contributed by atoms with Crippen LogP contribution in [0.2, 0.25) is 5.15 Å². The van der Waals surface area contributed by atoms with Crippen LogP contribution in [0.3, 0.4) is 0 Å². The molecular formula is C26H37ClN4O3. The summed E-state index contributed by atoms with van der Waals surface area (Å²) in [5.41, 5.74) is 2.00. The summed E-state index contributed by atoms with van der Waals surface area (Å²) in [7, 11) is 0. The largest absolute Gasteiger partial charge is 0.444 e. The number of aromatic nitrogens is 1. The third-order valence-electron chi connectivity index (χ3n) is 5.88. The summed E-state index contributed by atoms with van der Waals surface area (Å²) >= 11 is 6.54. The molecule has 1 aliphatic heterocycles. The van der Waals surface area contributed by atoms with Crippen LogP contribution < -0.4 is 5.32 Å². The van der Waals surface area contributed by atoms with Gasteiger partial charge in [0.15, 0.2) is 0 Å². The molecule has 186 valence electrons. The number of rotatable bonds is 9. The maximum Gasteiger partial charge on any atom is 0.410 e. The first kappa shape index (κ1) is 26.2. The van der Waals surface area contributed by atoms with E-state index in [1.165, 1.54) is 0 Å². The summed E-state index contributed by atoms with van der Waals surface area (Å²) in [5, 5.41) is 4.91. The Kier molecular flexibility index (Phi) is 9.14. The summed E-state index contributed by atoms with van der Waals surface area (Å²) in [4.78, 5) is 33.5. The number of nitrogens with zero attached hydrogens (tertiary/aromatic N) is 3. The number of unbranched alkanes of at least 4 members (excludes halogenated alkanes) is 1. The molecule has 0 saturated carbocycles. The molecule has 0 atom stereocenters. The average Bonchev–Trinajstić information content (AvgIpc) is 2.78. The van der Waals surface area contributed by atoms with Gasteiger partial charge in [0.25, 0.3) is 0 Å². The Morgan fingerprint density at radius 1 is 1.15 bits per heavy atom. The highest BCUT2D eigenvalue weighted by Gasteiger charge is 2.25. The third kappa shape index (κ3) is 7.31. The quantitative estimate of drug-likeness (QED) is 0.492. The van der Waals surface area contributed by atoms with Crippen molar-refractivity contribution in [1.82, 2.24) is 14.8 Å². The van der Waals surface area contributed by atoms with Crippen LogP contribution in [0.1, 0.15) is 52.5 Å². The van der Waals surface area contributed by atoms with Crippen molar-refractivity contribution in [3.05, 3.63) is 35.0 Å². The number of anilines is 1. The van der Waals surface area contributed by atoms with E-state index in [0.717, 1.165) is 54.6 Å². The summed E-state index contributed by atoms with van der Waals surface area (Å²) in [6, 6.07) is 7.86. The number of fused-ring (bicyclic) bond motifs is 1. The van der Waals surface area contributed by atoms with Gasteiger partial charge in [-0.2, -0.15) is 0 Å². The number of ether oxygens (including phenoxy) is 1. The Morgan fingerprint density at radius 3 is 2.53 bits per heavy atom. The van der Waals surface area contributed by atoms with Gasteiger partial charge in [-0.25, -0.2) is 9.78 Å². The van der Waals surface area contributed by atoms with Crippen LogP contribution in [-0.2, 0) is 16.0 Å². The molecule has 1 saturated heterocycles. The summed E-state index contributed by atoms with van der Waals surface area (Å²) in [5.74, 6) is 0.183. The molecule has 1 aromatic heterocycles. The Morgan fingerprint density at radius 2 is 1.85 bits per heavy atom. The third-order valence-corrected chi connectivity index (χ3v) is 6.19. The van der Waals surface area contributed by atoms with E-state index in [2.05, 4.69) is 22.1 Å². The fourth-order valence-electron chi connectivity index (χ4n) is 4.06. The molecule has 7 nitrogen and oxygen atoms in total. The molecule has 1 amide bonds. The van der Waals surface area contributed by atoms with Gasteiger partial charge in [0.05, 0.1) is 11.2 Å². The summed E-state index contributed by atoms with van der Waals surface area (Å²) in [6.07, 6.45) is 2.46. The van der Waals surface area contributed by atoms with E-state index < -0.39 is 5.60 Å². The molecular weight excluding hydrogens is 452 g/mol. The molecule has 0 spiro atoms. The Balaban J connectivity index is 1.63. The van der Waals surface area contributed by atoms with Crippen LogP contribution in [0, 0.1) is 0 Å². The minimum atomic E-state index is -0.484. The van der Waals surface area contributed by atoms with Crippen molar-refractivity contribution < 1.29 is 14.3 Å². The van der Waals surface area contributed by atoms with Crippen molar-refractivity contribution >= 4 is 40.1 Å². The Bertz CT molecular complexity index is 997. The van der Waals surface area contributed by atoms with Gasteiger partial charge in [-0.15, -0.1) is 0 Å². The maximum absolute atomic E-state index is 12.5. The van der Waals surface area contributed by atoms with E-state index in [1.54, 1.807) is 4.90 Å².